The zero-order chi connectivity index (χ0) is 9.14. The molecule has 0 aliphatic rings. The second-order valence-corrected chi connectivity index (χ2v) is 2.07. The lowest BCUT2D eigenvalue weighted by Crippen LogP contribution is -2.30. The molecule has 1 aromatic heterocycles. The Bertz CT molecular complexity index is 357. The number of hydrogen-bond acceptors (Lipinski definition) is 4. The van der Waals surface area contributed by atoms with E-state index < -0.39 is 17.2 Å². The summed E-state index contributed by atoms with van der Waals surface area (Å²) in [5, 5.41) is 9.06. The third kappa shape index (κ3) is 1.43. The lowest BCUT2D eigenvalue weighted by atomic mass is 10.2. The van der Waals surface area contributed by atoms with E-state index >= 15 is 0 Å². The van der Waals surface area contributed by atoms with Crippen LogP contribution < -0.4 is 16.8 Å². The van der Waals surface area contributed by atoms with E-state index in [4.69, 9.17) is 10.9 Å². The minimum absolute atomic E-state index is 0.0721. The highest BCUT2D eigenvalue weighted by atomic mass is 16.3. The predicted molar refractivity (Wildman–Crippen MR) is 40.4 cm³/mol. The largest absolute Gasteiger partial charge is 0.507 e. The van der Waals surface area contributed by atoms with Gasteiger partial charge in [0, 0.05) is 12.3 Å². The summed E-state index contributed by atoms with van der Waals surface area (Å²) >= 11 is 0. The molecule has 1 heterocycles. The van der Waals surface area contributed by atoms with E-state index in [1.807, 2.05) is 5.43 Å². The lowest BCUT2D eigenvalue weighted by Gasteiger charge is -2.00. The van der Waals surface area contributed by atoms with Crippen molar-refractivity contribution >= 4 is 5.91 Å². The Hall–Kier alpha value is -1.82. The Labute approximate surface area is 67.0 Å². The average molecular weight is 169 g/mol. The minimum atomic E-state index is -0.663. The molecule has 0 aromatic carbocycles. The fourth-order valence-electron chi connectivity index (χ4n) is 0.720. The van der Waals surface area contributed by atoms with Crippen LogP contribution in [0.1, 0.15) is 10.4 Å². The van der Waals surface area contributed by atoms with Crippen LogP contribution in [0.3, 0.4) is 0 Å². The Kier molecular flexibility index (Phi) is 2.11. The van der Waals surface area contributed by atoms with E-state index in [2.05, 4.69) is 4.98 Å². The number of aromatic nitrogens is 1. The van der Waals surface area contributed by atoms with Crippen LogP contribution in [0.25, 0.3) is 0 Å². The molecule has 0 spiro atoms. The summed E-state index contributed by atoms with van der Waals surface area (Å²) in [4.78, 5) is 23.6. The van der Waals surface area contributed by atoms with Crippen molar-refractivity contribution in [3.8, 4) is 5.75 Å². The van der Waals surface area contributed by atoms with Crippen molar-refractivity contribution in [1.29, 1.82) is 0 Å². The molecular weight excluding hydrogens is 162 g/mol. The zero-order valence-electron chi connectivity index (χ0n) is 6.00. The Morgan fingerprint density at radius 2 is 2.33 bits per heavy atom. The van der Waals surface area contributed by atoms with Gasteiger partial charge < -0.3 is 10.1 Å². The van der Waals surface area contributed by atoms with Gasteiger partial charge in [-0.15, -0.1) is 0 Å². The zero-order valence-corrected chi connectivity index (χ0v) is 6.00. The van der Waals surface area contributed by atoms with Crippen molar-refractivity contribution in [2.24, 2.45) is 5.84 Å². The number of pyridine rings is 1. The fraction of sp³-hybridized carbons (Fsp3) is 0. The van der Waals surface area contributed by atoms with Gasteiger partial charge in [0.05, 0.1) is 5.56 Å². The molecule has 5 N–H and O–H groups in total. The lowest BCUT2D eigenvalue weighted by molar-refractivity contribution is 0.0950. The summed E-state index contributed by atoms with van der Waals surface area (Å²) < 4.78 is 0. The van der Waals surface area contributed by atoms with Gasteiger partial charge in [0.25, 0.3) is 11.5 Å². The molecule has 0 radical (unpaired) electrons. The van der Waals surface area contributed by atoms with Gasteiger partial charge in [0.2, 0.25) is 0 Å². The van der Waals surface area contributed by atoms with Gasteiger partial charge in [0.15, 0.2) is 0 Å². The molecule has 0 atom stereocenters. The molecule has 6 heteroatoms. The van der Waals surface area contributed by atoms with Crippen LogP contribution >= 0.6 is 0 Å². The summed E-state index contributed by atoms with van der Waals surface area (Å²) in [6.45, 7) is 0. The Morgan fingerprint density at radius 1 is 1.67 bits per heavy atom. The number of H-pyrrole nitrogens is 1. The summed E-state index contributed by atoms with van der Waals surface area (Å²) in [7, 11) is 0. The number of nitrogens with one attached hydrogen (secondary N) is 2. The summed E-state index contributed by atoms with van der Waals surface area (Å²) in [5.74, 6) is 3.74. The van der Waals surface area contributed by atoms with E-state index in [9.17, 15) is 9.59 Å². The number of hydrazine groups is 1. The number of nitrogen functional groups attached to an aromatic ring is 1. The van der Waals surface area contributed by atoms with Crippen LogP contribution in [0.5, 0.6) is 5.75 Å². The third-order valence-electron chi connectivity index (χ3n) is 1.28. The van der Waals surface area contributed by atoms with E-state index in [0.29, 0.717) is 0 Å². The molecule has 0 saturated carbocycles. The van der Waals surface area contributed by atoms with E-state index in [-0.39, 0.29) is 5.56 Å². The van der Waals surface area contributed by atoms with Crippen molar-refractivity contribution in [1.82, 2.24) is 10.4 Å². The monoisotopic (exact) mass is 169 g/mol. The number of carbonyl (C=O) groups excluding carboxylic acids is 1. The van der Waals surface area contributed by atoms with Crippen molar-refractivity contribution < 1.29 is 9.90 Å². The first-order valence-corrected chi connectivity index (χ1v) is 3.08. The topological polar surface area (TPSA) is 108 Å². The van der Waals surface area contributed by atoms with E-state index in [1.54, 1.807) is 0 Å². The molecule has 64 valence electrons. The van der Waals surface area contributed by atoms with Crippen molar-refractivity contribution in [3.63, 3.8) is 0 Å². The molecule has 0 bridgehead atoms. The van der Waals surface area contributed by atoms with Gasteiger partial charge in [0.1, 0.15) is 5.75 Å². The van der Waals surface area contributed by atoms with Crippen LogP contribution in [-0.4, -0.2) is 16.0 Å². The number of aromatic hydroxyl groups is 1. The van der Waals surface area contributed by atoms with Crippen LogP contribution in [0.2, 0.25) is 0 Å². The van der Waals surface area contributed by atoms with Crippen LogP contribution in [-0.2, 0) is 0 Å². The van der Waals surface area contributed by atoms with Crippen molar-refractivity contribution in [3.05, 3.63) is 28.2 Å². The summed E-state index contributed by atoms with van der Waals surface area (Å²) in [6, 6.07) is 0.893. The first-order valence-electron chi connectivity index (χ1n) is 3.08. The summed E-state index contributed by atoms with van der Waals surface area (Å²) in [6.07, 6.45) is 1.08. The molecule has 1 amide bonds. The molecular formula is C6H7N3O3. The molecule has 12 heavy (non-hydrogen) atoms. The molecule has 0 aliphatic heterocycles. The maximum absolute atomic E-state index is 10.8. The maximum Gasteiger partial charge on any atom is 0.270 e. The number of amides is 1. The van der Waals surface area contributed by atoms with E-state index in [1.165, 1.54) is 0 Å². The van der Waals surface area contributed by atoms with Gasteiger partial charge in [-0.2, -0.15) is 0 Å². The van der Waals surface area contributed by atoms with Crippen LogP contribution in [0.15, 0.2) is 17.1 Å². The second kappa shape index (κ2) is 3.05. The first-order chi connectivity index (χ1) is 5.65. The predicted octanol–water partition coefficient (Wildman–Crippen LogP) is -1.32. The molecule has 0 saturated heterocycles. The normalized spacial score (nSPS) is 9.42. The Morgan fingerprint density at radius 3 is 2.83 bits per heavy atom. The van der Waals surface area contributed by atoms with Gasteiger partial charge in [-0.3, -0.25) is 15.0 Å². The van der Waals surface area contributed by atoms with Crippen LogP contribution in [0, 0.1) is 0 Å². The molecule has 1 aromatic rings. The van der Waals surface area contributed by atoms with Crippen molar-refractivity contribution in [2.45, 2.75) is 0 Å². The van der Waals surface area contributed by atoms with Gasteiger partial charge in [-0.25, -0.2) is 5.84 Å². The molecule has 0 aliphatic carbocycles. The Balaban J connectivity index is 3.18. The highest BCUT2D eigenvalue weighted by Gasteiger charge is 2.08. The van der Waals surface area contributed by atoms with Gasteiger partial charge in [-0.1, -0.05) is 0 Å². The standard InChI is InChI=1S/C6H7N3O3/c7-9-6(12)3-2-8-5(11)1-4(3)10/h1-2H,7H2,(H,9,12)(H2,8,10,11). The highest BCUT2D eigenvalue weighted by Crippen LogP contribution is 2.10. The quantitative estimate of drug-likeness (QED) is 0.237. The third-order valence-corrected chi connectivity index (χ3v) is 1.28. The number of nitrogens with two attached hydrogens (primary N) is 1. The number of hydrogen-bond donors (Lipinski definition) is 4. The maximum atomic E-state index is 10.8. The SMILES string of the molecule is NNC(=O)c1c[nH]c(=O)cc1O. The van der Waals surface area contributed by atoms with Crippen molar-refractivity contribution in [2.75, 3.05) is 0 Å². The second-order valence-electron chi connectivity index (χ2n) is 2.07. The van der Waals surface area contributed by atoms with E-state index in [0.717, 1.165) is 12.3 Å². The average Bonchev–Trinajstić information content (AvgIpc) is 2.03. The minimum Gasteiger partial charge on any atom is -0.507 e. The van der Waals surface area contributed by atoms with Gasteiger partial charge in [-0.05, 0) is 0 Å². The number of aromatic amines is 1. The summed E-state index contributed by atoms with van der Waals surface area (Å²) in [5.41, 5.74) is 1.26. The molecule has 6 nitrogen and oxygen atoms in total. The fourth-order valence-corrected chi connectivity index (χ4v) is 0.720. The number of carbonyl (C=O) groups is 1. The van der Waals surface area contributed by atoms with Crippen LogP contribution in [0.4, 0.5) is 0 Å². The highest BCUT2D eigenvalue weighted by molar-refractivity contribution is 5.95. The molecule has 0 unspecified atom stereocenters. The molecule has 0 fully saturated rings. The first kappa shape index (κ1) is 8.28. The number of rotatable bonds is 1. The smallest absolute Gasteiger partial charge is 0.270 e. The molecule has 1 rings (SSSR count). The van der Waals surface area contributed by atoms with Gasteiger partial charge >= 0.3 is 0 Å².